The van der Waals surface area contributed by atoms with E-state index in [9.17, 15) is 0 Å². The second-order valence-corrected chi connectivity index (χ2v) is 16.9. The van der Waals surface area contributed by atoms with E-state index >= 15 is 0 Å². The lowest BCUT2D eigenvalue weighted by Crippen LogP contribution is -2.28. The highest BCUT2D eigenvalue weighted by atomic mass is 15.1. The highest BCUT2D eigenvalue weighted by Gasteiger charge is 2.46. The van der Waals surface area contributed by atoms with Gasteiger partial charge in [-0.05, 0) is 121 Å². The molecule has 0 amide bonds. The molecule has 11 aromatic rings. The predicted octanol–water partition coefficient (Wildman–Crippen LogP) is 15.8. The molecular weight excluding hydrogens is 761 g/mol. The average Bonchev–Trinajstić information content (AvgIpc) is 3.95. The minimum absolute atomic E-state index is 0.528. The number of rotatable bonds is 6. The van der Waals surface area contributed by atoms with Gasteiger partial charge in [-0.15, -0.1) is 0 Å². The van der Waals surface area contributed by atoms with Gasteiger partial charge in [-0.3, -0.25) is 0 Å². The van der Waals surface area contributed by atoms with Crippen molar-refractivity contribution in [3.05, 3.63) is 270 Å². The van der Waals surface area contributed by atoms with Crippen molar-refractivity contribution in [2.75, 3.05) is 4.90 Å². The standard InChI is InChI=1S/C61H40N2/c1-40-47-23-10-11-25-49(47)50-34-31-44(37-54(40)50)62(45-33-36-60-55(38-45)53-27-13-15-29-59(53)63(60)58-30-16-18-41-17-8-9-24-48(41)58)46-32-35-52-51-26-12-14-28-56(51)61(57(52)39-46,42-19-4-2-5-20-42)43-21-6-3-7-22-43/h2-39H,1H2. The van der Waals surface area contributed by atoms with Gasteiger partial charge in [0.25, 0.3) is 0 Å². The molecule has 2 aliphatic carbocycles. The second kappa shape index (κ2) is 13.7. The minimum atomic E-state index is -0.528. The average molecular weight is 801 g/mol. The third-order valence-electron chi connectivity index (χ3n) is 13.8. The number of aromatic nitrogens is 1. The molecule has 0 radical (unpaired) electrons. The van der Waals surface area contributed by atoms with Crippen molar-refractivity contribution in [1.29, 1.82) is 0 Å². The molecule has 63 heavy (non-hydrogen) atoms. The Kier molecular flexibility index (Phi) is 7.71. The third kappa shape index (κ3) is 5.07. The molecule has 0 atom stereocenters. The van der Waals surface area contributed by atoms with Gasteiger partial charge >= 0.3 is 0 Å². The first-order valence-electron chi connectivity index (χ1n) is 21.8. The van der Waals surface area contributed by atoms with Crippen molar-refractivity contribution in [1.82, 2.24) is 4.57 Å². The van der Waals surface area contributed by atoms with Crippen LogP contribution in [0.3, 0.4) is 0 Å². The molecule has 0 fully saturated rings. The zero-order valence-corrected chi connectivity index (χ0v) is 34.5. The Morgan fingerprint density at radius 1 is 0.349 bits per heavy atom. The fraction of sp³-hybridized carbons (Fsp3) is 0.0164. The molecule has 0 saturated heterocycles. The lowest BCUT2D eigenvalue weighted by Gasteiger charge is -2.35. The van der Waals surface area contributed by atoms with E-state index in [0.717, 1.165) is 22.6 Å². The first-order valence-corrected chi connectivity index (χ1v) is 21.8. The summed E-state index contributed by atoms with van der Waals surface area (Å²) in [4.78, 5) is 2.46. The summed E-state index contributed by atoms with van der Waals surface area (Å²) in [5, 5.41) is 4.88. The molecule has 0 unspecified atom stereocenters. The smallest absolute Gasteiger partial charge is 0.0714 e. The van der Waals surface area contributed by atoms with Crippen LogP contribution in [0.4, 0.5) is 17.1 Å². The SMILES string of the molecule is C=C1c2ccccc2-c2ccc(N(c3ccc4c(c3)C(c3ccccc3)(c3ccccc3)c3ccccc3-4)c3ccc4c(c3)c3ccccc3n4-c3cccc4ccccc34)cc21. The van der Waals surface area contributed by atoms with Crippen LogP contribution in [0.15, 0.2) is 237 Å². The van der Waals surface area contributed by atoms with Crippen LogP contribution in [0, 0.1) is 0 Å². The van der Waals surface area contributed by atoms with E-state index in [1.54, 1.807) is 0 Å². The Hall–Kier alpha value is -8.20. The largest absolute Gasteiger partial charge is 0.310 e. The molecule has 1 aromatic heterocycles. The van der Waals surface area contributed by atoms with Gasteiger partial charge < -0.3 is 9.47 Å². The summed E-state index contributed by atoms with van der Waals surface area (Å²) in [6, 6.07) is 85.0. The van der Waals surface area contributed by atoms with Crippen LogP contribution in [0.25, 0.3) is 66.1 Å². The summed E-state index contributed by atoms with van der Waals surface area (Å²) < 4.78 is 2.44. The molecule has 1 heterocycles. The van der Waals surface area contributed by atoms with Crippen LogP contribution in [-0.4, -0.2) is 4.57 Å². The van der Waals surface area contributed by atoms with E-state index in [2.05, 4.69) is 247 Å². The zero-order valence-electron chi connectivity index (χ0n) is 34.5. The number of para-hydroxylation sites is 1. The maximum Gasteiger partial charge on any atom is 0.0714 e. The van der Waals surface area contributed by atoms with Gasteiger partial charge in [0.1, 0.15) is 0 Å². The molecule has 13 rings (SSSR count). The quantitative estimate of drug-likeness (QED) is 0.163. The summed E-state index contributed by atoms with van der Waals surface area (Å²) in [6.45, 7) is 4.65. The van der Waals surface area contributed by atoms with E-state index < -0.39 is 5.41 Å². The normalized spacial score (nSPS) is 13.2. The Bertz CT molecular complexity index is 3600. The van der Waals surface area contributed by atoms with Gasteiger partial charge in [0, 0.05) is 33.2 Å². The molecule has 0 N–H and O–H groups in total. The Balaban J connectivity index is 1.08. The van der Waals surface area contributed by atoms with Gasteiger partial charge in [0.15, 0.2) is 0 Å². The lowest BCUT2D eigenvalue weighted by molar-refractivity contribution is 0.768. The molecule has 2 nitrogen and oxygen atoms in total. The Morgan fingerprint density at radius 2 is 0.889 bits per heavy atom. The van der Waals surface area contributed by atoms with E-state index in [-0.39, 0.29) is 0 Å². The first-order chi connectivity index (χ1) is 31.2. The van der Waals surface area contributed by atoms with Crippen LogP contribution in [0.2, 0.25) is 0 Å². The van der Waals surface area contributed by atoms with Gasteiger partial charge in [-0.1, -0.05) is 183 Å². The monoisotopic (exact) mass is 800 g/mol. The lowest BCUT2D eigenvalue weighted by atomic mass is 9.67. The van der Waals surface area contributed by atoms with Crippen molar-refractivity contribution in [3.8, 4) is 27.9 Å². The van der Waals surface area contributed by atoms with Crippen molar-refractivity contribution in [3.63, 3.8) is 0 Å². The highest BCUT2D eigenvalue weighted by Crippen LogP contribution is 2.57. The van der Waals surface area contributed by atoms with E-state index in [4.69, 9.17) is 0 Å². The molecule has 2 aliphatic rings. The van der Waals surface area contributed by atoms with Crippen molar-refractivity contribution in [2.24, 2.45) is 0 Å². The molecule has 0 spiro atoms. The summed E-state index contributed by atoms with van der Waals surface area (Å²) in [6.07, 6.45) is 0. The maximum absolute atomic E-state index is 4.65. The number of nitrogens with zero attached hydrogens (tertiary/aromatic N) is 2. The van der Waals surface area contributed by atoms with Crippen LogP contribution in [-0.2, 0) is 5.41 Å². The molecule has 0 bridgehead atoms. The van der Waals surface area contributed by atoms with Gasteiger partial charge in [-0.2, -0.15) is 0 Å². The van der Waals surface area contributed by atoms with Crippen LogP contribution >= 0.6 is 0 Å². The van der Waals surface area contributed by atoms with E-state index in [1.807, 2.05) is 0 Å². The molecule has 294 valence electrons. The fourth-order valence-corrected chi connectivity index (χ4v) is 11.1. The highest BCUT2D eigenvalue weighted by molar-refractivity contribution is 6.12. The van der Waals surface area contributed by atoms with E-state index in [1.165, 1.54) is 93.9 Å². The predicted molar refractivity (Wildman–Crippen MR) is 264 cm³/mol. The number of anilines is 3. The van der Waals surface area contributed by atoms with Crippen molar-refractivity contribution >= 4 is 55.2 Å². The zero-order chi connectivity index (χ0) is 41.6. The summed E-state index contributed by atoms with van der Waals surface area (Å²) >= 11 is 0. The summed E-state index contributed by atoms with van der Waals surface area (Å²) in [5.74, 6) is 0. The van der Waals surface area contributed by atoms with Crippen LogP contribution in [0.1, 0.15) is 33.4 Å². The topological polar surface area (TPSA) is 8.17 Å². The summed E-state index contributed by atoms with van der Waals surface area (Å²) in [5.41, 5.74) is 19.8. The Morgan fingerprint density at radius 3 is 1.68 bits per heavy atom. The number of benzene rings is 10. The maximum atomic E-state index is 4.65. The summed E-state index contributed by atoms with van der Waals surface area (Å²) in [7, 11) is 0. The van der Waals surface area contributed by atoms with Gasteiger partial charge in [-0.25, -0.2) is 0 Å². The third-order valence-corrected chi connectivity index (χ3v) is 13.8. The number of hydrogen-bond acceptors (Lipinski definition) is 1. The van der Waals surface area contributed by atoms with Crippen molar-refractivity contribution in [2.45, 2.75) is 5.41 Å². The van der Waals surface area contributed by atoms with Crippen molar-refractivity contribution < 1.29 is 0 Å². The molecule has 0 saturated carbocycles. The van der Waals surface area contributed by atoms with Gasteiger partial charge in [0.05, 0.1) is 22.1 Å². The number of fused-ring (bicyclic) bond motifs is 10. The molecular formula is C61H40N2. The minimum Gasteiger partial charge on any atom is -0.310 e. The van der Waals surface area contributed by atoms with Gasteiger partial charge in [0.2, 0.25) is 0 Å². The van der Waals surface area contributed by atoms with E-state index in [0.29, 0.717) is 0 Å². The van der Waals surface area contributed by atoms with Crippen LogP contribution in [0.5, 0.6) is 0 Å². The fourth-order valence-electron chi connectivity index (χ4n) is 11.1. The van der Waals surface area contributed by atoms with Crippen LogP contribution < -0.4 is 4.90 Å². The second-order valence-electron chi connectivity index (χ2n) is 16.9. The first kappa shape index (κ1) is 35.5. The molecule has 0 aliphatic heterocycles. The number of hydrogen-bond donors (Lipinski definition) is 0. The Labute approximate surface area is 366 Å². The molecule has 10 aromatic carbocycles. The molecule has 2 heteroatoms.